The Morgan fingerprint density at radius 3 is 2.59 bits per heavy atom. The lowest BCUT2D eigenvalue weighted by Gasteiger charge is -2.45. The third-order valence-corrected chi connectivity index (χ3v) is 4.51. The van der Waals surface area contributed by atoms with Gasteiger partial charge in [-0.05, 0) is 26.2 Å². The number of hydrogen-bond donors (Lipinski definition) is 0. The van der Waals surface area contributed by atoms with Crippen LogP contribution in [0, 0.1) is 0 Å². The largest absolute Gasteiger partial charge is 0.437 e. The normalized spacial score (nSPS) is 25.7. The molecule has 2 fully saturated rings. The zero-order chi connectivity index (χ0) is 19.7. The average Bonchev–Trinajstić information content (AvgIpc) is 2.81. The van der Waals surface area contributed by atoms with Gasteiger partial charge in [-0.1, -0.05) is 18.2 Å². The molecule has 2 amide bonds. The topological polar surface area (TPSA) is 62.3 Å². The zero-order valence-electron chi connectivity index (χ0n) is 15.4. The minimum Gasteiger partial charge on any atom is -0.376 e. The van der Waals surface area contributed by atoms with Gasteiger partial charge in [-0.15, -0.1) is 0 Å². The summed E-state index contributed by atoms with van der Waals surface area (Å²) in [6, 6.07) is 8.23. The highest BCUT2D eigenvalue weighted by Gasteiger charge is 2.58. The maximum absolute atomic E-state index is 14.5. The highest BCUT2D eigenvalue weighted by Crippen LogP contribution is 2.36. The van der Waals surface area contributed by atoms with Crippen LogP contribution < -0.4 is 4.90 Å². The van der Waals surface area contributed by atoms with Gasteiger partial charge in [0.05, 0.1) is 32.8 Å². The van der Waals surface area contributed by atoms with E-state index in [0.29, 0.717) is 5.69 Å². The van der Waals surface area contributed by atoms with Crippen molar-refractivity contribution in [1.82, 2.24) is 9.80 Å². The summed E-state index contributed by atoms with van der Waals surface area (Å²) in [5, 5.41) is 0. The second-order valence-corrected chi connectivity index (χ2v) is 7.13. The Kier molecular flexibility index (Phi) is 5.45. The van der Waals surface area contributed by atoms with Gasteiger partial charge in [-0.3, -0.25) is 14.3 Å². The number of carbonyl (C=O) groups excluding carboxylic acids is 2. The van der Waals surface area contributed by atoms with Crippen molar-refractivity contribution in [2.24, 2.45) is 0 Å². The summed E-state index contributed by atoms with van der Waals surface area (Å²) in [6.07, 6.45) is -4.00. The first-order valence-electron chi connectivity index (χ1n) is 8.68. The zero-order valence-corrected chi connectivity index (χ0v) is 15.4. The van der Waals surface area contributed by atoms with Crippen molar-refractivity contribution in [1.29, 1.82) is 0 Å². The molecule has 1 atom stereocenters. The highest BCUT2D eigenvalue weighted by atomic mass is 19.3. The number of morpholine rings is 1. The second kappa shape index (κ2) is 7.49. The van der Waals surface area contributed by atoms with Crippen molar-refractivity contribution in [2.75, 3.05) is 58.4 Å². The molecule has 2 saturated heterocycles. The van der Waals surface area contributed by atoms with Crippen molar-refractivity contribution in [3.8, 4) is 0 Å². The molecule has 9 heteroatoms. The molecule has 2 heterocycles. The van der Waals surface area contributed by atoms with E-state index in [0.717, 1.165) is 4.90 Å². The van der Waals surface area contributed by atoms with E-state index >= 15 is 0 Å². The number of alkyl halides is 2. The average molecular weight is 383 g/mol. The Bertz CT molecular complexity index is 701. The maximum Gasteiger partial charge on any atom is 0.437 e. The van der Waals surface area contributed by atoms with Crippen molar-refractivity contribution >= 4 is 17.5 Å². The van der Waals surface area contributed by atoms with Crippen LogP contribution in [0.1, 0.15) is 0 Å². The lowest BCUT2D eigenvalue weighted by Crippen LogP contribution is -2.67. The van der Waals surface area contributed by atoms with Crippen molar-refractivity contribution in [3.05, 3.63) is 30.3 Å². The van der Waals surface area contributed by atoms with E-state index in [1.807, 2.05) is 0 Å². The number of ether oxygens (including phenoxy) is 2. The van der Waals surface area contributed by atoms with Gasteiger partial charge in [-0.25, -0.2) is 0 Å². The van der Waals surface area contributed by atoms with E-state index in [9.17, 15) is 18.4 Å². The quantitative estimate of drug-likeness (QED) is 0.773. The molecule has 3 rings (SSSR count). The Balaban J connectivity index is 1.90. The molecule has 1 aromatic rings. The molecular weight excluding hydrogens is 360 g/mol. The maximum atomic E-state index is 14.5. The van der Waals surface area contributed by atoms with Crippen LogP contribution in [0.4, 0.5) is 14.5 Å². The Morgan fingerprint density at radius 1 is 1.22 bits per heavy atom. The van der Waals surface area contributed by atoms with Crippen LogP contribution in [-0.2, 0) is 19.1 Å². The number of likely N-dealkylation sites (N-methyl/N-ethyl adjacent to an activating group) is 1. The summed E-state index contributed by atoms with van der Waals surface area (Å²) in [4.78, 5) is 28.9. The molecule has 1 unspecified atom stereocenters. The molecule has 0 aliphatic carbocycles. The molecule has 148 valence electrons. The number of carbonyl (C=O) groups is 2. The summed E-state index contributed by atoms with van der Waals surface area (Å²) in [7, 11) is 3.51. The predicted octanol–water partition coefficient (Wildman–Crippen LogP) is 0.802. The molecular formula is C18H23F2N3O4. The van der Waals surface area contributed by atoms with E-state index in [1.54, 1.807) is 49.3 Å². The molecule has 7 nitrogen and oxygen atoms in total. The summed E-state index contributed by atoms with van der Waals surface area (Å²) in [6.45, 7) is 0.305. The van der Waals surface area contributed by atoms with Gasteiger partial charge < -0.3 is 19.4 Å². The lowest BCUT2D eigenvalue weighted by atomic mass is 10.00. The number of para-hydroxylation sites is 1. The van der Waals surface area contributed by atoms with E-state index in [-0.39, 0.29) is 45.3 Å². The van der Waals surface area contributed by atoms with Crippen LogP contribution in [0.5, 0.6) is 0 Å². The van der Waals surface area contributed by atoms with E-state index in [1.165, 1.54) is 4.90 Å². The first-order chi connectivity index (χ1) is 12.7. The summed E-state index contributed by atoms with van der Waals surface area (Å²) in [5.41, 5.74) is -1.16. The van der Waals surface area contributed by atoms with Crippen LogP contribution in [-0.4, -0.2) is 86.8 Å². The molecule has 2 aliphatic rings. The van der Waals surface area contributed by atoms with Gasteiger partial charge in [0.2, 0.25) is 5.91 Å². The number of halogens is 2. The van der Waals surface area contributed by atoms with Gasteiger partial charge in [0, 0.05) is 12.2 Å². The first-order valence-corrected chi connectivity index (χ1v) is 8.68. The monoisotopic (exact) mass is 383 g/mol. The van der Waals surface area contributed by atoms with Gasteiger partial charge in [-0.2, -0.15) is 8.78 Å². The number of anilines is 1. The molecule has 1 spiro atoms. The molecule has 0 radical (unpaired) electrons. The lowest BCUT2D eigenvalue weighted by molar-refractivity contribution is -0.293. The fourth-order valence-electron chi connectivity index (χ4n) is 3.33. The minimum atomic E-state index is -4.00. The number of nitrogens with zero attached hydrogens (tertiary/aromatic N) is 3. The van der Waals surface area contributed by atoms with Gasteiger partial charge in [0.1, 0.15) is 5.60 Å². The van der Waals surface area contributed by atoms with Crippen molar-refractivity contribution < 1.29 is 27.8 Å². The molecule has 0 saturated carbocycles. The third-order valence-electron chi connectivity index (χ3n) is 4.51. The molecule has 0 bridgehead atoms. The van der Waals surface area contributed by atoms with E-state index in [2.05, 4.69) is 0 Å². The van der Waals surface area contributed by atoms with Gasteiger partial charge in [0.15, 0.2) is 0 Å². The van der Waals surface area contributed by atoms with Crippen LogP contribution in [0.15, 0.2) is 30.3 Å². The standard InChI is InChI=1S/C18H23F2N3O4/c1-21(2)10-15(24)22-8-9-26-13-17(11-22)12-23(14-6-4-3-5-7-14)16(25)18(19,20)27-17/h3-7H,8-13H2,1-2H3. The van der Waals surface area contributed by atoms with Crippen LogP contribution in [0.2, 0.25) is 0 Å². The summed E-state index contributed by atoms with van der Waals surface area (Å²) < 4.78 is 39.4. The molecule has 27 heavy (non-hydrogen) atoms. The van der Waals surface area contributed by atoms with Crippen molar-refractivity contribution in [3.63, 3.8) is 0 Å². The van der Waals surface area contributed by atoms with Crippen LogP contribution in [0.25, 0.3) is 0 Å². The number of rotatable bonds is 3. The molecule has 2 aliphatic heterocycles. The number of hydrogen-bond acceptors (Lipinski definition) is 5. The van der Waals surface area contributed by atoms with Crippen LogP contribution >= 0.6 is 0 Å². The van der Waals surface area contributed by atoms with Crippen LogP contribution in [0.3, 0.4) is 0 Å². The molecule has 0 aromatic heterocycles. The Hall–Kier alpha value is -2.10. The number of benzene rings is 1. The summed E-state index contributed by atoms with van der Waals surface area (Å²) in [5.74, 6) is -1.63. The SMILES string of the molecule is CN(C)CC(=O)N1CCOCC2(C1)CN(c1ccccc1)C(=O)C(F)(F)O2. The third kappa shape index (κ3) is 4.26. The van der Waals surface area contributed by atoms with Gasteiger partial charge in [0.25, 0.3) is 0 Å². The first kappa shape index (κ1) is 19.7. The smallest absolute Gasteiger partial charge is 0.376 e. The predicted molar refractivity (Wildman–Crippen MR) is 93.5 cm³/mol. The van der Waals surface area contributed by atoms with Crippen molar-refractivity contribution in [2.45, 2.75) is 11.7 Å². The van der Waals surface area contributed by atoms with E-state index in [4.69, 9.17) is 9.47 Å². The van der Waals surface area contributed by atoms with Gasteiger partial charge >= 0.3 is 12.0 Å². The Morgan fingerprint density at radius 2 is 1.93 bits per heavy atom. The number of amides is 2. The fourth-order valence-corrected chi connectivity index (χ4v) is 3.33. The fraction of sp³-hybridized carbons (Fsp3) is 0.556. The second-order valence-electron chi connectivity index (χ2n) is 7.13. The molecule has 0 N–H and O–H groups in total. The highest BCUT2D eigenvalue weighted by molar-refractivity contribution is 5.98. The summed E-state index contributed by atoms with van der Waals surface area (Å²) >= 11 is 0. The van der Waals surface area contributed by atoms with E-state index < -0.39 is 17.6 Å². The molecule has 1 aromatic carbocycles. The minimum absolute atomic E-state index is 0.0775. The Labute approximate surface area is 156 Å².